The molecular formula is C16H14BrF2NO. The Labute approximate surface area is 130 Å². The van der Waals surface area contributed by atoms with E-state index in [1.807, 2.05) is 25.2 Å². The van der Waals surface area contributed by atoms with Gasteiger partial charge in [0, 0.05) is 22.5 Å². The Bertz CT molecular complexity index is 677. The summed E-state index contributed by atoms with van der Waals surface area (Å²) in [6.45, 7) is 0. The van der Waals surface area contributed by atoms with Crippen molar-refractivity contribution < 1.29 is 13.5 Å². The van der Waals surface area contributed by atoms with Crippen LogP contribution in [0.4, 0.5) is 8.78 Å². The van der Waals surface area contributed by atoms with Gasteiger partial charge in [-0.05, 0) is 42.9 Å². The molecular weight excluding hydrogens is 340 g/mol. The maximum atomic E-state index is 13.4. The van der Waals surface area contributed by atoms with E-state index in [2.05, 4.69) is 21.2 Å². The molecule has 2 nitrogen and oxygen atoms in total. The summed E-state index contributed by atoms with van der Waals surface area (Å²) >= 11 is 3.45. The van der Waals surface area contributed by atoms with Crippen molar-refractivity contribution in [2.75, 3.05) is 7.05 Å². The zero-order valence-electron chi connectivity index (χ0n) is 11.4. The number of rotatable bonds is 2. The van der Waals surface area contributed by atoms with Gasteiger partial charge < -0.3 is 10.1 Å². The van der Waals surface area contributed by atoms with Gasteiger partial charge in [0.15, 0.2) is 11.6 Å². The minimum Gasteiger partial charge on any atom is -0.485 e. The van der Waals surface area contributed by atoms with E-state index in [-0.39, 0.29) is 12.1 Å². The van der Waals surface area contributed by atoms with Gasteiger partial charge in [-0.15, -0.1) is 0 Å². The zero-order chi connectivity index (χ0) is 15.0. The molecule has 2 unspecified atom stereocenters. The summed E-state index contributed by atoms with van der Waals surface area (Å²) in [5, 5.41) is 3.24. The van der Waals surface area contributed by atoms with Crippen LogP contribution in [0.1, 0.15) is 29.7 Å². The first-order valence-electron chi connectivity index (χ1n) is 6.67. The molecule has 1 heterocycles. The summed E-state index contributed by atoms with van der Waals surface area (Å²) in [6, 6.07) is 9.81. The monoisotopic (exact) mass is 353 g/mol. The van der Waals surface area contributed by atoms with Gasteiger partial charge in [0.2, 0.25) is 0 Å². The van der Waals surface area contributed by atoms with E-state index in [1.54, 1.807) is 6.07 Å². The molecule has 0 fully saturated rings. The summed E-state index contributed by atoms with van der Waals surface area (Å²) < 4.78 is 33.4. The zero-order valence-corrected chi connectivity index (χ0v) is 13.0. The summed E-state index contributed by atoms with van der Waals surface area (Å²) in [7, 11) is 1.88. The van der Waals surface area contributed by atoms with E-state index in [1.165, 1.54) is 6.07 Å². The van der Waals surface area contributed by atoms with Gasteiger partial charge >= 0.3 is 0 Å². The van der Waals surface area contributed by atoms with Gasteiger partial charge in [0.1, 0.15) is 11.9 Å². The molecule has 0 amide bonds. The first kappa shape index (κ1) is 14.5. The highest BCUT2D eigenvalue weighted by atomic mass is 79.9. The van der Waals surface area contributed by atoms with Gasteiger partial charge in [-0.2, -0.15) is 0 Å². The Hall–Kier alpha value is -1.46. The number of nitrogens with one attached hydrogen (secondary N) is 1. The molecule has 5 heteroatoms. The molecule has 0 saturated heterocycles. The lowest BCUT2D eigenvalue weighted by atomic mass is 9.93. The first-order chi connectivity index (χ1) is 10.1. The molecule has 3 rings (SSSR count). The van der Waals surface area contributed by atoms with E-state index in [9.17, 15) is 8.78 Å². The van der Waals surface area contributed by atoms with E-state index in [4.69, 9.17) is 4.74 Å². The number of fused-ring (bicyclic) bond motifs is 1. The summed E-state index contributed by atoms with van der Waals surface area (Å²) in [4.78, 5) is 0. The smallest absolute Gasteiger partial charge is 0.159 e. The average molecular weight is 354 g/mol. The van der Waals surface area contributed by atoms with E-state index in [0.717, 1.165) is 21.9 Å². The van der Waals surface area contributed by atoms with Gasteiger partial charge in [0.25, 0.3) is 0 Å². The van der Waals surface area contributed by atoms with Crippen LogP contribution in [-0.4, -0.2) is 7.05 Å². The molecule has 1 aliphatic rings. The largest absolute Gasteiger partial charge is 0.485 e. The molecule has 0 aliphatic carbocycles. The third-order valence-corrected chi connectivity index (χ3v) is 4.22. The number of hydrogen-bond acceptors (Lipinski definition) is 2. The molecule has 21 heavy (non-hydrogen) atoms. The van der Waals surface area contributed by atoms with Crippen LogP contribution in [-0.2, 0) is 0 Å². The quantitative estimate of drug-likeness (QED) is 0.857. The van der Waals surface area contributed by atoms with Gasteiger partial charge in [-0.1, -0.05) is 22.0 Å². The third-order valence-electron chi connectivity index (χ3n) is 3.73. The van der Waals surface area contributed by atoms with Gasteiger partial charge in [0.05, 0.1) is 0 Å². The van der Waals surface area contributed by atoms with Crippen LogP contribution in [0.25, 0.3) is 0 Å². The lowest BCUT2D eigenvalue weighted by molar-refractivity contribution is 0.153. The molecule has 1 aliphatic heterocycles. The van der Waals surface area contributed by atoms with E-state index < -0.39 is 11.6 Å². The highest BCUT2D eigenvalue weighted by Crippen LogP contribution is 2.41. The van der Waals surface area contributed by atoms with Crippen LogP contribution >= 0.6 is 15.9 Å². The molecule has 0 saturated carbocycles. The molecule has 0 bridgehead atoms. The SMILES string of the molecule is CNC1CC(c2ccc(F)c(F)c2)Oc2ccc(Br)cc21. The summed E-state index contributed by atoms with van der Waals surface area (Å²) in [5.74, 6) is -0.929. The van der Waals surface area contributed by atoms with Crippen molar-refractivity contribution in [1.82, 2.24) is 5.32 Å². The van der Waals surface area contributed by atoms with Crippen molar-refractivity contribution in [3.8, 4) is 5.75 Å². The third kappa shape index (κ3) is 2.80. The number of benzene rings is 2. The lowest BCUT2D eigenvalue weighted by Crippen LogP contribution is -2.26. The van der Waals surface area contributed by atoms with Crippen LogP contribution in [0.2, 0.25) is 0 Å². The topological polar surface area (TPSA) is 21.3 Å². The predicted molar refractivity (Wildman–Crippen MR) is 80.3 cm³/mol. The van der Waals surface area contributed by atoms with Gasteiger partial charge in [-0.3, -0.25) is 0 Å². The summed E-state index contributed by atoms with van der Waals surface area (Å²) in [5.41, 5.74) is 1.70. The Kier molecular flexibility index (Phi) is 3.95. The van der Waals surface area contributed by atoms with Gasteiger partial charge in [-0.25, -0.2) is 8.78 Å². The fourth-order valence-electron chi connectivity index (χ4n) is 2.63. The maximum Gasteiger partial charge on any atom is 0.159 e. The Morgan fingerprint density at radius 3 is 2.67 bits per heavy atom. The highest BCUT2D eigenvalue weighted by Gasteiger charge is 2.29. The normalized spacial score (nSPS) is 20.8. The van der Waals surface area contributed by atoms with E-state index >= 15 is 0 Å². The molecule has 2 aromatic carbocycles. The second kappa shape index (κ2) is 5.73. The first-order valence-corrected chi connectivity index (χ1v) is 7.46. The van der Waals surface area contributed by atoms with Crippen molar-refractivity contribution in [3.63, 3.8) is 0 Å². The molecule has 110 valence electrons. The van der Waals surface area contributed by atoms with Crippen molar-refractivity contribution in [3.05, 3.63) is 63.6 Å². The lowest BCUT2D eigenvalue weighted by Gasteiger charge is -2.32. The van der Waals surface area contributed by atoms with Crippen molar-refractivity contribution in [2.45, 2.75) is 18.6 Å². The molecule has 0 aromatic heterocycles. The molecule has 2 aromatic rings. The Balaban J connectivity index is 1.96. The second-order valence-corrected chi connectivity index (χ2v) is 5.95. The van der Waals surface area contributed by atoms with Crippen molar-refractivity contribution >= 4 is 15.9 Å². The second-order valence-electron chi connectivity index (χ2n) is 5.04. The van der Waals surface area contributed by atoms with Crippen LogP contribution in [0.5, 0.6) is 5.75 Å². The fraction of sp³-hybridized carbons (Fsp3) is 0.250. The molecule has 0 spiro atoms. The van der Waals surface area contributed by atoms with E-state index in [0.29, 0.717) is 12.0 Å². The number of halogens is 3. The minimum atomic E-state index is -0.848. The number of hydrogen-bond donors (Lipinski definition) is 1. The Morgan fingerprint density at radius 1 is 1.14 bits per heavy atom. The molecule has 1 N–H and O–H groups in total. The minimum absolute atomic E-state index is 0.101. The summed E-state index contributed by atoms with van der Waals surface area (Å²) in [6.07, 6.45) is 0.358. The average Bonchev–Trinajstić information content (AvgIpc) is 2.49. The maximum absolute atomic E-state index is 13.4. The van der Waals surface area contributed by atoms with Crippen LogP contribution in [0.15, 0.2) is 40.9 Å². The van der Waals surface area contributed by atoms with Crippen LogP contribution in [0, 0.1) is 11.6 Å². The predicted octanol–water partition coefficient (Wildman–Crippen LogP) is 4.51. The van der Waals surface area contributed by atoms with Crippen LogP contribution < -0.4 is 10.1 Å². The van der Waals surface area contributed by atoms with Crippen molar-refractivity contribution in [2.24, 2.45) is 0 Å². The number of ether oxygens (including phenoxy) is 1. The van der Waals surface area contributed by atoms with Crippen LogP contribution in [0.3, 0.4) is 0 Å². The molecule has 0 radical (unpaired) electrons. The Morgan fingerprint density at radius 2 is 1.95 bits per heavy atom. The fourth-order valence-corrected chi connectivity index (χ4v) is 3.01. The highest BCUT2D eigenvalue weighted by molar-refractivity contribution is 9.10. The standard InChI is InChI=1S/C16H14BrF2NO/c1-20-14-8-16(9-2-4-12(18)13(19)6-9)21-15-5-3-10(17)7-11(14)15/h2-7,14,16,20H,8H2,1H3. The molecule has 2 atom stereocenters. The van der Waals surface area contributed by atoms with Crippen molar-refractivity contribution in [1.29, 1.82) is 0 Å².